The maximum absolute atomic E-state index is 6.13. The highest BCUT2D eigenvalue weighted by molar-refractivity contribution is 4.91. The molecule has 0 radical (unpaired) electrons. The summed E-state index contributed by atoms with van der Waals surface area (Å²) in [4.78, 5) is 0. The predicted molar refractivity (Wildman–Crippen MR) is 85.3 cm³/mol. The first-order chi connectivity index (χ1) is 9.01. The summed E-state index contributed by atoms with van der Waals surface area (Å²) in [7, 11) is 0. The molecule has 0 aromatic heterocycles. The fourth-order valence-electron chi connectivity index (χ4n) is 3.61. The Morgan fingerprint density at radius 1 is 0.895 bits per heavy atom. The second kappa shape index (κ2) is 8.26. The molecule has 0 bridgehead atoms. The number of hydrogen-bond donors (Lipinski definition) is 2. The first kappa shape index (κ1) is 17.0. The van der Waals surface area contributed by atoms with E-state index >= 15 is 0 Å². The number of nitrogens with two attached hydrogens (primary N) is 1. The lowest BCUT2D eigenvalue weighted by Gasteiger charge is -2.38. The topological polar surface area (TPSA) is 38.0 Å². The minimum absolute atomic E-state index is 0.225. The van der Waals surface area contributed by atoms with Crippen molar-refractivity contribution in [3.8, 4) is 0 Å². The van der Waals surface area contributed by atoms with Gasteiger partial charge in [-0.15, -0.1) is 0 Å². The molecule has 2 nitrogen and oxygen atoms in total. The van der Waals surface area contributed by atoms with Crippen LogP contribution in [0.1, 0.15) is 72.6 Å². The van der Waals surface area contributed by atoms with Crippen molar-refractivity contribution >= 4 is 0 Å². The normalized spacial score (nSPS) is 20.8. The molecule has 0 heterocycles. The highest BCUT2D eigenvalue weighted by Gasteiger charge is 2.30. The molecule has 1 saturated carbocycles. The molecule has 1 fully saturated rings. The van der Waals surface area contributed by atoms with Crippen LogP contribution in [0.4, 0.5) is 0 Å². The van der Waals surface area contributed by atoms with Gasteiger partial charge >= 0.3 is 0 Å². The molecule has 1 rings (SSSR count). The fourth-order valence-corrected chi connectivity index (χ4v) is 3.61. The zero-order valence-corrected chi connectivity index (χ0v) is 13.7. The average Bonchev–Trinajstić information content (AvgIpc) is 2.31. The van der Waals surface area contributed by atoms with Gasteiger partial charge in [-0.3, -0.25) is 0 Å². The Hall–Kier alpha value is -0.0800. The van der Waals surface area contributed by atoms with Gasteiger partial charge in [0.15, 0.2) is 0 Å². The Labute approximate surface area is 120 Å². The molecule has 0 spiro atoms. The predicted octanol–water partition coefficient (Wildman–Crippen LogP) is 3.95. The standard InChI is InChI=1S/C17H36N2/c1-14(2)16(15(3)4)12-19-17(13-18)10-8-6-5-7-9-11-17/h14-16,19H,5-13,18H2,1-4H3. The Kier molecular flexibility index (Phi) is 7.38. The molecule has 0 aliphatic heterocycles. The van der Waals surface area contributed by atoms with Crippen molar-refractivity contribution in [3.63, 3.8) is 0 Å². The Morgan fingerprint density at radius 3 is 1.79 bits per heavy atom. The van der Waals surface area contributed by atoms with E-state index in [1.54, 1.807) is 0 Å². The summed E-state index contributed by atoms with van der Waals surface area (Å²) in [5.74, 6) is 2.25. The average molecular weight is 268 g/mol. The van der Waals surface area contributed by atoms with Crippen LogP contribution in [0.25, 0.3) is 0 Å². The maximum Gasteiger partial charge on any atom is 0.0304 e. The quantitative estimate of drug-likeness (QED) is 0.765. The summed E-state index contributed by atoms with van der Waals surface area (Å²) in [6, 6.07) is 0. The Morgan fingerprint density at radius 2 is 1.37 bits per heavy atom. The van der Waals surface area contributed by atoms with Crippen LogP contribution in [0.5, 0.6) is 0 Å². The maximum atomic E-state index is 6.13. The van der Waals surface area contributed by atoms with E-state index in [1.165, 1.54) is 44.9 Å². The number of nitrogens with one attached hydrogen (secondary N) is 1. The van der Waals surface area contributed by atoms with E-state index in [0.717, 1.165) is 30.8 Å². The van der Waals surface area contributed by atoms with E-state index in [9.17, 15) is 0 Å². The lowest BCUT2D eigenvalue weighted by Crippen LogP contribution is -2.53. The molecule has 0 atom stereocenters. The van der Waals surface area contributed by atoms with Gasteiger partial charge in [-0.2, -0.15) is 0 Å². The van der Waals surface area contributed by atoms with Crippen molar-refractivity contribution in [1.82, 2.24) is 5.32 Å². The van der Waals surface area contributed by atoms with Crippen molar-refractivity contribution < 1.29 is 0 Å². The van der Waals surface area contributed by atoms with Gasteiger partial charge in [-0.25, -0.2) is 0 Å². The molecule has 3 N–H and O–H groups in total. The van der Waals surface area contributed by atoms with Crippen molar-refractivity contribution in [3.05, 3.63) is 0 Å². The van der Waals surface area contributed by atoms with Crippen LogP contribution < -0.4 is 11.1 Å². The van der Waals surface area contributed by atoms with Crippen LogP contribution in [0.15, 0.2) is 0 Å². The molecule has 19 heavy (non-hydrogen) atoms. The smallest absolute Gasteiger partial charge is 0.0304 e. The summed E-state index contributed by atoms with van der Waals surface area (Å²) < 4.78 is 0. The molecular weight excluding hydrogens is 232 g/mol. The third-order valence-corrected chi connectivity index (χ3v) is 5.13. The summed E-state index contributed by atoms with van der Waals surface area (Å²) >= 11 is 0. The Bertz CT molecular complexity index is 219. The molecule has 1 aliphatic rings. The van der Waals surface area contributed by atoms with Gasteiger partial charge in [0, 0.05) is 12.1 Å². The molecule has 0 amide bonds. The second-order valence-electron chi connectivity index (χ2n) is 7.29. The van der Waals surface area contributed by atoms with Crippen LogP contribution >= 0.6 is 0 Å². The third kappa shape index (κ3) is 5.43. The summed E-state index contributed by atoms with van der Waals surface area (Å²) in [6.45, 7) is 11.3. The van der Waals surface area contributed by atoms with Gasteiger partial charge in [-0.1, -0.05) is 59.8 Å². The molecule has 114 valence electrons. The zero-order chi connectivity index (χ0) is 14.3. The minimum Gasteiger partial charge on any atom is -0.329 e. The highest BCUT2D eigenvalue weighted by atomic mass is 15.0. The molecule has 0 unspecified atom stereocenters. The van der Waals surface area contributed by atoms with Crippen LogP contribution in [0, 0.1) is 17.8 Å². The van der Waals surface area contributed by atoms with Crippen LogP contribution in [0.3, 0.4) is 0 Å². The number of rotatable bonds is 6. The van der Waals surface area contributed by atoms with E-state index in [-0.39, 0.29) is 5.54 Å². The second-order valence-corrected chi connectivity index (χ2v) is 7.29. The fraction of sp³-hybridized carbons (Fsp3) is 1.00. The van der Waals surface area contributed by atoms with E-state index < -0.39 is 0 Å². The van der Waals surface area contributed by atoms with Crippen molar-refractivity contribution in [2.45, 2.75) is 78.2 Å². The monoisotopic (exact) mass is 268 g/mol. The van der Waals surface area contributed by atoms with Gasteiger partial charge in [-0.05, 0) is 37.1 Å². The van der Waals surface area contributed by atoms with Gasteiger partial charge in [0.05, 0.1) is 0 Å². The van der Waals surface area contributed by atoms with Gasteiger partial charge in [0.2, 0.25) is 0 Å². The van der Waals surface area contributed by atoms with Gasteiger partial charge in [0.1, 0.15) is 0 Å². The van der Waals surface area contributed by atoms with E-state index in [0.29, 0.717) is 0 Å². The largest absolute Gasteiger partial charge is 0.329 e. The lowest BCUT2D eigenvalue weighted by atomic mass is 9.81. The minimum atomic E-state index is 0.225. The SMILES string of the molecule is CC(C)C(CNC1(CN)CCCCCCC1)C(C)C. The van der Waals surface area contributed by atoms with Crippen LogP contribution in [0.2, 0.25) is 0 Å². The van der Waals surface area contributed by atoms with Gasteiger partial charge < -0.3 is 11.1 Å². The summed E-state index contributed by atoms with van der Waals surface area (Å²) in [5.41, 5.74) is 6.36. The highest BCUT2D eigenvalue weighted by Crippen LogP contribution is 2.27. The van der Waals surface area contributed by atoms with Crippen LogP contribution in [-0.2, 0) is 0 Å². The molecule has 0 aromatic rings. The summed E-state index contributed by atoms with van der Waals surface area (Å²) in [5, 5.41) is 3.89. The summed E-state index contributed by atoms with van der Waals surface area (Å²) in [6.07, 6.45) is 9.43. The van der Waals surface area contributed by atoms with Gasteiger partial charge in [0.25, 0.3) is 0 Å². The van der Waals surface area contributed by atoms with Crippen LogP contribution in [-0.4, -0.2) is 18.6 Å². The van der Waals surface area contributed by atoms with Crippen molar-refractivity contribution in [2.75, 3.05) is 13.1 Å². The first-order valence-corrected chi connectivity index (χ1v) is 8.46. The Balaban J connectivity index is 2.57. The lowest BCUT2D eigenvalue weighted by molar-refractivity contribution is 0.202. The molecular formula is C17H36N2. The van der Waals surface area contributed by atoms with Crippen molar-refractivity contribution in [2.24, 2.45) is 23.5 Å². The van der Waals surface area contributed by atoms with Crippen molar-refractivity contribution in [1.29, 1.82) is 0 Å². The molecule has 2 heteroatoms. The number of hydrogen-bond acceptors (Lipinski definition) is 2. The van der Waals surface area contributed by atoms with E-state index in [2.05, 4.69) is 33.0 Å². The molecule has 0 aromatic carbocycles. The molecule has 0 saturated heterocycles. The zero-order valence-electron chi connectivity index (χ0n) is 13.7. The first-order valence-electron chi connectivity index (χ1n) is 8.46. The van der Waals surface area contributed by atoms with E-state index in [1.807, 2.05) is 0 Å². The van der Waals surface area contributed by atoms with E-state index in [4.69, 9.17) is 5.73 Å². The molecule has 1 aliphatic carbocycles. The third-order valence-electron chi connectivity index (χ3n) is 5.13.